The van der Waals surface area contributed by atoms with Crippen molar-refractivity contribution in [3.8, 4) is 5.75 Å². The van der Waals surface area contributed by atoms with Gasteiger partial charge in [0.25, 0.3) is 10.0 Å². The first-order valence-corrected chi connectivity index (χ1v) is 9.98. The molecule has 0 aliphatic heterocycles. The lowest BCUT2D eigenvalue weighted by Gasteiger charge is -2.20. The van der Waals surface area contributed by atoms with Crippen LogP contribution in [0.1, 0.15) is 31.8 Å². The Balaban J connectivity index is 1.85. The topological polar surface area (TPSA) is 101 Å². The second-order valence-corrected chi connectivity index (χ2v) is 8.21. The highest BCUT2D eigenvalue weighted by molar-refractivity contribution is 7.92. The molecule has 2 N–H and O–H groups in total. The van der Waals surface area contributed by atoms with Crippen molar-refractivity contribution >= 4 is 38.9 Å². The number of carbonyl (C=O) groups is 2. The highest BCUT2D eigenvalue weighted by atomic mass is 35.5. The molecule has 4 rings (SSSR count). The molecule has 1 aliphatic carbocycles. The second-order valence-electron chi connectivity index (χ2n) is 6.15. The van der Waals surface area contributed by atoms with Gasteiger partial charge in [-0.1, -0.05) is 48.0 Å². The number of aromatic hydroxyl groups is 1. The number of phenolic OH excluding ortho intramolecular Hbond substituents is 1. The Morgan fingerprint density at radius 2 is 1.46 bits per heavy atom. The maximum Gasteiger partial charge on any atom is 0.262 e. The van der Waals surface area contributed by atoms with Crippen molar-refractivity contribution in [3.05, 3.63) is 87.9 Å². The van der Waals surface area contributed by atoms with Crippen molar-refractivity contribution in [2.45, 2.75) is 4.90 Å². The summed E-state index contributed by atoms with van der Waals surface area (Å²) in [6, 6.07) is 14.2. The number of phenols is 1. The van der Waals surface area contributed by atoms with Crippen LogP contribution in [0.2, 0.25) is 5.02 Å². The fourth-order valence-electron chi connectivity index (χ4n) is 3.12. The summed E-state index contributed by atoms with van der Waals surface area (Å²) in [5, 5.41) is 9.45. The molecule has 0 amide bonds. The summed E-state index contributed by atoms with van der Waals surface area (Å²) in [5.74, 6) is -1.14. The third kappa shape index (κ3) is 2.85. The molecule has 0 radical (unpaired) electrons. The van der Waals surface area contributed by atoms with Crippen LogP contribution in [0, 0.1) is 0 Å². The maximum atomic E-state index is 13.0. The summed E-state index contributed by atoms with van der Waals surface area (Å²) in [4.78, 5) is 25.4. The molecule has 3 aromatic carbocycles. The lowest BCUT2D eigenvalue weighted by Crippen LogP contribution is -2.25. The van der Waals surface area contributed by atoms with Crippen LogP contribution in [0.5, 0.6) is 5.75 Å². The molecular formula is C20H12ClNO5S. The van der Waals surface area contributed by atoms with E-state index in [4.69, 9.17) is 11.6 Å². The number of benzene rings is 3. The minimum absolute atomic E-state index is 0.0320. The van der Waals surface area contributed by atoms with Crippen molar-refractivity contribution in [2.24, 2.45) is 0 Å². The summed E-state index contributed by atoms with van der Waals surface area (Å²) < 4.78 is 28.2. The number of rotatable bonds is 3. The van der Waals surface area contributed by atoms with Crippen LogP contribution >= 0.6 is 11.6 Å². The van der Waals surface area contributed by atoms with Crippen LogP contribution in [0.15, 0.2) is 65.6 Å². The Morgan fingerprint density at radius 3 is 2.14 bits per heavy atom. The van der Waals surface area contributed by atoms with E-state index in [1.54, 1.807) is 12.1 Å². The smallest absolute Gasteiger partial charge is 0.262 e. The fourth-order valence-corrected chi connectivity index (χ4v) is 4.57. The normalized spacial score (nSPS) is 13.0. The first-order chi connectivity index (χ1) is 13.3. The SMILES string of the molecule is O=C1c2ccccc2C(=O)c2c1cccc2S(=O)(=O)Nc1ccc(O)c(Cl)c1. The molecule has 6 nitrogen and oxygen atoms in total. The van der Waals surface area contributed by atoms with Crippen LogP contribution in [0.4, 0.5) is 5.69 Å². The van der Waals surface area contributed by atoms with Gasteiger partial charge in [-0.05, 0) is 24.3 Å². The number of sulfonamides is 1. The molecule has 0 fully saturated rings. The lowest BCUT2D eigenvalue weighted by atomic mass is 9.84. The van der Waals surface area contributed by atoms with Crippen molar-refractivity contribution in [1.29, 1.82) is 0 Å². The average Bonchev–Trinajstić information content (AvgIpc) is 2.68. The molecule has 8 heteroatoms. The standard InChI is InChI=1S/C20H12ClNO5S/c21-15-10-11(8-9-16(15)23)22-28(26,27)17-7-3-6-14-18(17)20(25)13-5-2-1-4-12(13)19(14)24/h1-10,22-23H. The van der Waals surface area contributed by atoms with E-state index in [1.165, 1.54) is 48.5 Å². The summed E-state index contributed by atoms with van der Waals surface area (Å²) in [7, 11) is -4.21. The molecule has 28 heavy (non-hydrogen) atoms. The fraction of sp³-hybridized carbons (Fsp3) is 0. The largest absolute Gasteiger partial charge is 0.506 e. The van der Waals surface area contributed by atoms with Gasteiger partial charge in [-0.25, -0.2) is 8.42 Å². The number of fused-ring (bicyclic) bond motifs is 2. The van der Waals surface area contributed by atoms with E-state index in [0.29, 0.717) is 0 Å². The molecular weight excluding hydrogens is 402 g/mol. The number of hydrogen-bond acceptors (Lipinski definition) is 5. The predicted octanol–water partition coefficient (Wildman–Crippen LogP) is 3.62. The van der Waals surface area contributed by atoms with E-state index in [1.807, 2.05) is 0 Å². The van der Waals surface area contributed by atoms with Gasteiger partial charge >= 0.3 is 0 Å². The molecule has 0 unspecified atom stereocenters. The molecule has 0 aromatic heterocycles. The van der Waals surface area contributed by atoms with Gasteiger partial charge in [-0.15, -0.1) is 0 Å². The summed E-state index contributed by atoms with van der Waals surface area (Å²) >= 11 is 5.82. The van der Waals surface area contributed by atoms with Gasteiger partial charge in [0.05, 0.1) is 21.2 Å². The van der Waals surface area contributed by atoms with E-state index >= 15 is 0 Å². The molecule has 0 saturated carbocycles. The van der Waals surface area contributed by atoms with Crippen LogP contribution in [-0.4, -0.2) is 25.1 Å². The van der Waals surface area contributed by atoms with E-state index < -0.39 is 21.6 Å². The zero-order valence-corrected chi connectivity index (χ0v) is 15.7. The zero-order chi connectivity index (χ0) is 20.1. The summed E-state index contributed by atoms with van der Waals surface area (Å²) in [6.07, 6.45) is 0. The molecule has 0 atom stereocenters. The Bertz CT molecular complexity index is 1270. The number of halogens is 1. The van der Waals surface area contributed by atoms with Crippen LogP contribution in [0.25, 0.3) is 0 Å². The molecule has 3 aromatic rings. The molecule has 0 heterocycles. The van der Waals surface area contributed by atoms with Gasteiger partial charge in [0.15, 0.2) is 11.6 Å². The van der Waals surface area contributed by atoms with E-state index in [9.17, 15) is 23.1 Å². The summed E-state index contributed by atoms with van der Waals surface area (Å²) in [5.41, 5.74) is 0.387. The van der Waals surface area contributed by atoms with Crippen molar-refractivity contribution in [3.63, 3.8) is 0 Å². The molecule has 0 saturated heterocycles. The molecule has 0 spiro atoms. The molecule has 1 aliphatic rings. The minimum Gasteiger partial charge on any atom is -0.506 e. The average molecular weight is 414 g/mol. The lowest BCUT2D eigenvalue weighted by molar-refractivity contribution is 0.0976. The van der Waals surface area contributed by atoms with E-state index in [0.717, 1.165) is 0 Å². The number of hydrogen-bond donors (Lipinski definition) is 2. The number of ketones is 2. The Kier molecular flexibility index (Phi) is 4.21. The van der Waals surface area contributed by atoms with Crippen molar-refractivity contribution < 1.29 is 23.1 Å². The van der Waals surface area contributed by atoms with Gasteiger partial charge in [-0.3, -0.25) is 14.3 Å². The van der Waals surface area contributed by atoms with Crippen LogP contribution in [-0.2, 0) is 10.0 Å². The second kappa shape index (κ2) is 6.47. The number of carbonyl (C=O) groups excluding carboxylic acids is 2. The highest BCUT2D eigenvalue weighted by Crippen LogP contribution is 2.33. The zero-order valence-electron chi connectivity index (χ0n) is 14.1. The van der Waals surface area contributed by atoms with Gasteiger partial charge in [-0.2, -0.15) is 0 Å². The monoisotopic (exact) mass is 413 g/mol. The van der Waals surface area contributed by atoms with E-state index in [-0.39, 0.29) is 43.6 Å². The highest BCUT2D eigenvalue weighted by Gasteiger charge is 2.34. The molecule has 0 bridgehead atoms. The first-order valence-electron chi connectivity index (χ1n) is 8.12. The summed E-state index contributed by atoms with van der Waals surface area (Å²) in [6.45, 7) is 0. The Hall–Kier alpha value is -3.16. The third-order valence-corrected chi connectivity index (χ3v) is 6.13. The van der Waals surface area contributed by atoms with Gasteiger partial charge in [0.1, 0.15) is 5.75 Å². The third-order valence-electron chi connectivity index (χ3n) is 4.40. The van der Waals surface area contributed by atoms with Crippen molar-refractivity contribution in [2.75, 3.05) is 4.72 Å². The Labute approximate surface area is 165 Å². The molecule has 140 valence electrons. The van der Waals surface area contributed by atoms with E-state index in [2.05, 4.69) is 4.72 Å². The minimum atomic E-state index is -4.21. The number of anilines is 1. The van der Waals surface area contributed by atoms with Gasteiger partial charge in [0.2, 0.25) is 0 Å². The van der Waals surface area contributed by atoms with Gasteiger partial charge < -0.3 is 5.11 Å². The predicted molar refractivity (Wildman–Crippen MR) is 104 cm³/mol. The quantitative estimate of drug-likeness (QED) is 0.499. The van der Waals surface area contributed by atoms with Crippen molar-refractivity contribution in [1.82, 2.24) is 0 Å². The van der Waals surface area contributed by atoms with Crippen LogP contribution < -0.4 is 4.72 Å². The maximum absolute atomic E-state index is 13.0. The Morgan fingerprint density at radius 1 is 0.821 bits per heavy atom. The number of nitrogens with one attached hydrogen (secondary N) is 1. The first kappa shape index (κ1) is 18.2. The van der Waals surface area contributed by atoms with Crippen LogP contribution in [0.3, 0.4) is 0 Å². The van der Waals surface area contributed by atoms with Gasteiger partial charge in [0, 0.05) is 16.7 Å².